The fourth-order valence-corrected chi connectivity index (χ4v) is 1.32. The van der Waals surface area contributed by atoms with Gasteiger partial charge in [-0.3, -0.25) is 4.79 Å². The number of rotatable bonds is 5. The van der Waals surface area contributed by atoms with Crippen molar-refractivity contribution in [2.45, 2.75) is 6.92 Å². The second kappa shape index (κ2) is 5.90. The molecule has 1 aromatic carbocycles. The van der Waals surface area contributed by atoms with E-state index in [0.717, 1.165) is 0 Å². The molecule has 1 aromatic rings. The first kappa shape index (κ1) is 13.8. The number of carbonyl (C=O) groups is 2. The molecule has 0 amide bonds. The van der Waals surface area contributed by atoms with Gasteiger partial charge >= 0.3 is 5.97 Å². The lowest BCUT2D eigenvalue weighted by Gasteiger charge is -2.11. The number of nitrogens with two attached hydrogens (primary N) is 1. The first-order chi connectivity index (χ1) is 8.49. The predicted molar refractivity (Wildman–Crippen MR) is 64.9 cm³/mol. The number of carbonyl (C=O) groups excluding carboxylic acids is 2. The number of esters is 1. The number of nitrogen functional groups attached to an aromatic ring is 1. The monoisotopic (exact) mass is 253 g/mol. The van der Waals surface area contributed by atoms with Gasteiger partial charge in [0.15, 0.2) is 17.3 Å². The minimum atomic E-state index is -0.677. The molecule has 0 radical (unpaired) electrons. The van der Waals surface area contributed by atoms with E-state index in [0.29, 0.717) is 11.5 Å². The molecule has 18 heavy (non-hydrogen) atoms. The van der Waals surface area contributed by atoms with Gasteiger partial charge in [-0.1, -0.05) is 0 Å². The van der Waals surface area contributed by atoms with E-state index in [9.17, 15) is 9.59 Å². The van der Waals surface area contributed by atoms with E-state index >= 15 is 0 Å². The largest absolute Gasteiger partial charge is 0.493 e. The molecule has 0 aromatic heterocycles. The molecule has 0 heterocycles. The van der Waals surface area contributed by atoms with Gasteiger partial charge in [-0.05, 0) is 6.92 Å². The molecule has 0 unspecified atom stereocenters. The molecule has 6 heteroatoms. The molecule has 0 aliphatic rings. The third-order valence-corrected chi connectivity index (χ3v) is 2.18. The van der Waals surface area contributed by atoms with Crippen LogP contribution in [0.5, 0.6) is 11.5 Å². The van der Waals surface area contributed by atoms with Crippen LogP contribution in [0.15, 0.2) is 12.1 Å². The molecule has 0 bridgehead atoms. The fraction of sp³-hybridized carbons (Fsp3) is 0.333. The van der Waals surface area contributed by atoms with Crippen molar-refractivity contribution in [3.8, 4) is 11.5 Å². The second-order valence-corrected chi connectivity index (χ2v) is 3.57. The van der Waals surface area contributed by atoms with Crippen LogP contribution in [-0.2, 0) is 9.53 Å². The van der Waals surface area contributed by atoms with Gasteiger partial charge in [0.25, 0.3) is 0 Å². The Morgan fingerprint density at radius 2 is 1.72 bits per heavy atom. The molecule has 0 fully saturated rings. The number of methoxy groups -OCH3 is 2. The normalized spacial score (nSPS) is 9.72. The van der Waals surface area contributed by atoms with Gasteiger partial charge in [0.1, 0.15) is 6.61 Å². The van der Waals surface area contributed by atoms with Crippen molar-refractivity contribution in [3.05, 3.63) is 17.7 Å². The van der Waals surface area contributed by atoms with Gasteiger partial charge in [-0.25, -0.2) is 4.79 Å². The maximum absolute atomic E-state index is 11.7. The highest BCUT2D eigenvalue weighted by Crippen LogP contribution is 2.32. The summed E-state index contributed by atoms with van der Waals surface area (Å²) >= 11 is 0. The van der Waals surface area contributed by atoms with Crippen LogP contribution in [0, 0.1) is 0 Å². The van der Waals surface area contributed by atoms with Crippen molar-refractivity contribution in [2.75, 3.05) is 26.6 Å². The maximum Gasteiger partial charge on any atom is 0.340 e. The Morgan fingerprint density at radius 1 is 1.17 bits per heavy atom. The standard InChI is InChI=1S/C12H15NO5/c1-7(14)6-18-12(15)8-4-10(16-2)11(17-3)5-9(8)13/h4-5H,6,13H2,1-3H3. The van der Waals surface area contributed by atoms with E-state index in [4.69, 9.17) is 19.9 Å². The van der Waals surface area contributed by atoms with Gasteiger partial charge in [0, 0.05) is 12.1 Å². The van der Waals surface area contributed by atoms with Crippen LogP contribution >= 0.6 is 0 Å². The minimum absolute atomic E-state index is 0.133. The van der Waals surface area contributed by atoms with Crippen LogP contribution < -0.4 is 15.2 Å². The Hall–Kier alpha value is -2.24. The summed E-state index contributed by atoms with van der Waals surface area (Å²) in [5, 5.41) is 0. The van der Waals surface area contributed by atoms with E-state index in [1.54, 1.807) is 0 Å². The molecule has 0 aliphatic heterocycles. The van der Waals surface area contributed by atoms with Crippen LogP contribution in [0.3, 0.4) is 0 Å². The van der Waals surface area contributed by atoms with Gasteiger partial charge in [0.2, 0.25) is 0 Å². The molecule has 0 atom stereocenters. The van der Waals surface area contributed by atoms with E-state index in [1.807, 2.05) is 0 Å². The molecule has 0 spiro atoms. The summed E-state index contributed by atoms with van der Waals surface area (Å²) < 4.78 is 14.9. The van der Waals surface area contributed by atoms with Crippen molar-refractivity contribution >= 4 is 17.4 Å². The van der Waals surface area contributed by atoms with Crippen molar-refractivity contribution in [3.63, 3.8) is 0 Å². The van der Waals surface area contributed by atoms with Crippen LogP contribution in [0.4, 0.5) is 5.69 Å². The molecule has 98 valence electrons. The van der Waals surface area contributed by atoms with Crippen LogP contribution in [0.1, 0.15) is 17.3 Å². The lowest BCUT2D eigenvalue weighted by atomic mass is 10.1. The maximum atomic E-state index is 11.7. The molecular formula is C12H15NO5. The quantitative estimate of drug-likeness (QED) is 0.623. The van der Waals surface area contributed by atoms with E-state index in [-0.39, 0.29) is 23.6 Å². The summed E-state index contributed by atoms with van der Waals surface area (Å²) in [4.78, 5) is 22.4. The molecule has 1 rings (SSSR count). The highest BCUT2D eigenvalue weighted by Gasteiger charge is 2.16. The average molecular weight is 253 g/mol. The summed E-state index contributed by atoms with van der Waals surface area (Å²) in [5.74, 6) is -0.148. The van der Waals surface area contributed by atoms with Crippen molar-refractivity contribution < 1.29 is 23.8 Å². The molecule has 2 N–H and O–H groups in total. The second-order valence-electron chi connectivity index (χ2n) is 3.57. The Labute approximate surface area is 105 Å². The predicted octanol–water partition coefficient (Wildman–Crippen LogP) is 1.03. The number of hydrogen-bond donors (Lipinski definition) is 1. The number of ketones is 1. The first-order valence-electron chi connectivity index (χ1n) is 5.17. The SMILES string of the molecule is COc1cc(N)c(C(=O)OCC(C)=O)cc1OC. The van der Waals surface area contributed by atoms with Crippen molar-refractivity contribution in [1.82, 2.24) is 0 Å². The third kappa shape index (κ3) is 3.13. The third-order valence-electron chi connectivity index (χ3n) is 2.18. The first-order valence-corrected chi connectivity index (χ1v) is 5.17. The van der Waals surface area contributed by atoms with Gasteiger partial charge < -0.3 is 19.9 Å². The Morgan fingerprint density at radius 3 is 2.22 bits per heavy atom. The van der Waals surface area contributed by atoms with Crippen LogP contribution in [0.2, 0.25) is 0 Å². The zero-order valence-electron chi connectivity index (χ0n) is 10.5. The van der Waals surface area contributed by atoms with E-state index in [2.05, 4.69) is 0 Å². The van der Waals surface area contributed by atoms with E-state index in [1.165, 1.54) is 33.3 Å². The topological polar surface area (TPSA) is 87.9 Å². The molecule has 0 saturated carbocycles. The zero-order chi connectivity index (χ0) is 13.7. The lowest BCUT2D eigenvalue weighted by Crippen LogP contribution is -2.13. The summed E-state index contributed by atoms with van der Waals surface area (Å²) in [6.45, 7) is 1.04. The highest BCUT2D eigenvalue weighted by molar-refractivity contribution is 5.97. The summed E-state index contributed by atoms with van der Waals surface area (Å²) in [6, 6.07) is 2.87. The Kier molecular flexibility index (Phi) is 4.53. The number of anilines is 1. The van der Waals surface area contributed by atoms with Gasteiger partial charge in [0.05, 0.1) is 25.5 Å². The van der Waals surface area contributed by atoms with Crippen LogP contribution in [0.25, 0.3) is 0 Å². The number of benzene rings is 1. The smallest absolute Gasteiger partial charge is 0.340 e. The fourth-order valence-electron chi connectivity index (χ4n) is 1.32. The lowest BCUT2D eigenvalue weighted by molar-refractivity contribution is -0.120. The van der Waals surface area contributed by atoms with Gasteiger partial charge in [-0.2, -0.15) is 0 Å². The Balaban J connectivity index is 3.01. The average Bonchev–Trinajstić information content (AvgIpc) is 2.35. The van der Waals surface area contributed by atoms with Crippen molar-refractivity contribution in [2.24, 2.45) is 0 Å². The number of hydrogen-bond acceptors (Lipinski definition) is 6. The van der Waals surface area contributed by atoms with Crippen LogP contribution in [-0.4, -0.2) is 32.6 Å². The summed E-state index contributed by atoms with van der Waals surface area (Å²) in [6.07, 6.45) is 0. The molecule has 6 nitrogen and oxygen atoms in total. The zero-order valence-corrected chi connectivity index (χ0v) is 10.5. The Bertz CT molecular complexity index is 470. The van der Waals surface area contributed by atoms with Gasteiger partial charge in [-0.15, -0.1) is 0 Å². The molecule has 0 saturated heterocycles. The summed E-state index contributed by atoms with van der Waals surface area (Å²) in [7, 11) is 2.91. The summed E-state index contributed by atoms with van der Waals surface area (Å²) in [5.41, 5.74) is 6.04. The number of Topliss-reactive ketones (excluding diaryl/α,β-unsaturated/α-hetero) is 1. The molecule has 0 aliphatic carbocycles. The number of ether oxygens (including phenoxy) is 3. The highest BCUT2D eigenvalue weighted by atomic mass is 16.5. The minimum Gasteiger partial charge on any atom is -0.493 e. The molecular weight excluding hydrogens is 238 g/mol. The van der Waals surface area contributed by atoms with Crippen molar-refractivity contribution in [1.29, 1.82) is 0 Å². The van der Waals surface area contributed by atoms with E-state index < -0.39 is 5.97 Å².